The minimum atomic E-state index is -0.332. The van der Waals surface area contributed by atoms with Gasteiger partial charge in [-0.25, -0.2) is 15.0 Å². The van der Waals surface area contributed by atoms with E-state index in [1.165, 1.54) is 5.56 Å². The Labute approximate surface area is 144 Å². The summed E-state index contributed by atoms with van der Waals surface area (Å²) in [6.07, 6.45) is 0.981. The van der Waals surface area contributed by atoms with Crippen molar-refractivity contribution in [2.45, 2.75) is 33.6 Å². The van der Waals surface area contributed by atoms with Crippen LogP contribution in [0.4, 0.5) is 11.9 Å². The molecule has 126 valence electrons. The molecule has 3 rings (SSSR count). The minimum Gasteiger partial charge on any atom is -0.294 e. The van der Waals surface area contributed by atoms with Gasteiger partial charge in [0.2, 0.25) is 11.9 Å². The number of nitriles is 1. The second kappa shape index (κ2) is 6.69. The molecule has 0 amide bonds. The molecular formula is C18H18N6O. The average molecular weight is 334 g/mol. The molecule has 0 saturated heterocycles. The van der Waals surface area contributed by atoms with E-state index in [4.69, 9.17) is 5.26 Å². The fourth-order valence-corrected chi connectivity index (χ4v) is 2.67. The zero-order valence-electron chi connectivity index (χ0n) is 14.3. The van der Waals surface area contributed by atoms with E-state index in [2.05, 4.69) is 38.2 Å². The van der Waals surface area contributed by atoms with Crippen molar-refractivity contribution in [1.82, 2.24) is 19.9 Å². The highest BCUT2D eigenvalue weighted by Crippen LogP contribution is 2.20. The predicted molar refractivity (Wildman–Crippen MR) is 95.8 cm³/mol. The third kappa shape index (κ3) is 3.33. The summed E-state index contributed by atoms with van der Waals surface area (Å²) in [5, 5.41) is 12.7. The third-order valence-corrected chi connectivity index (χ3v) is 4.07. The highest BCUT2D eigenvalue weighted by Gasteiger charge is 2.10. The highest BCUT2D eigenvalue weighted by atomic mass is 16.1. The number of aryl methyl sites for hydroxylation is 3. The van der Waals surface area contributed by atoms with Crippen LogP contribution in [0.25, 0.3) is 10.9 Å². The maximum Gasteiger partial charge on any atom is 0.256 e. The maximum atomic E-state index is 12.1. The lowest BCUT2D eigenvalue weighted by atomic mass is 10.1. The van der Waals surface area contributed by atoms with Gasteiger partial charge in [-0.3, -0.25) is 15.1 Å². The number of fused-ring (bicyclic) bond motifs is 1. The summed E-state index contributed by atoms with van der Waals surface area (Å²) in [6, 6.07) is 8.06. The molecule has 1 aromatic carbocycles. The normalized spacial score (nSPS) is 10.6. The van der Waals surface area contributed by atoms with Crippen LogP contribution in [0.15, 0.2) is 23.0 Å². The molecule has 7 heteroatoms. The molecule has 7 nitrogen and oxygen atoms in total. The number of nitrogens with zero attached hydrogens (tertiary/aromatic N) is 4. The first-order valence-corrected chi connectivity index (χ1v) is 8.03. The van der Waals surface area contributed by atoms with Crippen LogP contribution >= 0.6 is 0 Å². The molecule has 0 atom stereocenters. The first-order chi connectivity index (χ1) is 12.0. The number of aromatic nitrogens is 4. The molecule has 2 N–H and O–H groups in total. The first-order valence-electron chi connectivity index (χ1n) is 8.03. The number of hydrogen-bond donors (Lipinski definition) is 2. The molecule has 2 aromatic heterocycles. The van der Waals surface area contributed by atoms with Gasteiger partial charge in [0.1, 0.15) is 0 Å². The SMILES string of the molecule is CCc1ccc2nc(Nc3nc(C)c(CC#N)c(=O)[nH]3)nc(C)c2c1. The summed E-state index contributed by atoms with van der Waals surface area (Å²) in [4.78, 5) is 27.9. The molecule has 0 bridgehead atoms. The number of hydrogen-bond acceptors (Lipinski definition) is 6. The molecule has 0 fully saturated rings. The largest absolute Gasteiger partial charge is 0.294 e. The Balaban J connectivity index is 1.98. The summed E-state index contributed by atoms with van der Waals surface area (Å²) in [5.41, 5.74) is 3.46. The maximum absolute atomic E-state index is 12.1. The Morgan fingerprint density at radius 2 is 2.00 bits per heavy atom. The van der Waals surface area contributed by atoms with Crippen molar-refractivity contribution in [2.75, 3.05) is 5.32 Å². The molecule has 0 aliphatic heterocycles. The van der Waals surface area contributed by atoms with E-state index in [9.17, 15) is 4.79 Å². The van der Waals surface area contributed by atoms with Crippen molar-refractivity contribution in [1.29, 1.82) is 5.26 Å². The zero-order valence-corrected chi connectivity index (χ0v) is 14.3. The predicted octanol–water partition coefficient (Wildman–Crippen LogP) is 2.70. The van der Waals surface area contributed by atoms with E-state index in [1.54, 1.807) is 6.92 Å². The molecule has 25 heavy (non-hydrogen) atoms. The molecule has 0 unspecified atom stereocenters. The first kappa shape index (κ1) is 16.6. The lowest BCUT2D eigenvalue weighted by molar-refractivity contribution is 0.991. The average Bonchev–Trinajstić information content (AvgIpc) is 2.58. The Morgan fingerprint density at radius 3 is 2.68 bits per heavy atom. The van der Waals surface area contributed by atoms with E-state index < -0.39 is 0 Å². The minimum absolute atomic E-state index is 0.0276. The molecule has 0 aliphatic carbocycles. The van der Waals surface area contributed by atoms with Gasteiger partial charge in [0.25, 0.3) is 5.56 Å². The summed E-state index contributed by atoms with van der Waals surface area (Å²) in [6.45, 7) is 5.73. The van der Waals surface area contributed by atoms with Gasteiger partial charge in [0.15, 0.2) is 0 Å². The quantitative estimate of drug-likeness (QED) is 0.759. The van der Waals surface area contributed by atoms with Gasteiger partial charge in [-0.1, -0.05) is 13.0 Å². The number of rotatable bonds is 4. The summed E-state index contributed by atoms with van der Waals surface area (Å²) >= 11 is 0. The van der Waals surface area contributed by atoms with E-state index in [0.29, 0.717) is 17.2 Å². The lowest BCUT2D eigenvalue weighted by Crippen LogP contribution is -2.18. The molecule has 0 saturated carbocycles. The van der Waals surface area contributed by atoms with Crippen LogP contribution in [0, 0.1) is 25.2 Å². The highest BCUT2D eigenvalue weighted by molar-refractivity contribution is 5.82. The fourth-order valence-electron chi connectivity index (χ4n) is 2.67. The van der Waals surface area contributed by atoms with Gasteiger partial charge in [0, 0.05) is 5.39 Å². The third-order valence-electron chi connectivity index (χ3n) is 4.07. The van der Waals surface area contributed by atoms with Crippen molar-refractivity contribution in [2.24, 2.45) is 0 Å². The van der Waals surface area contributed by atoms with Crippen LogP contribution < -0.4 is 10.9 Å². The number of aromatic amines is 1. The van der Waals surface area contributed by atoms with Crippen molar-refractivity contribution in [3.05, 3.63) is 51.1 Å². The van der Waals surface area contributed by atoms with Gasteiger partial charge >= 0.3 is 0 Å². The van der Waals surface area contributed by atoms with Crippen LogP contribution in [-0.2, 0) is 12.8 Å². The van der Waals surface area contributed by atoms with Gasteiger partial charge in [-0.05, 0) is 38.0 Å². The van der Waals surface area contributed by atoms with Crippen LogP contribution in [0.1, 0.15) is 29.4 Å². The Kier molecular flexibility index (Phi) is 4.44. The van der Waals surface area contributed by atoms with Crippen molar-refractivity contribution in [3.63, 3.8) is 0 Å². The van der Waals surface area contributed by atoms with Crippen LogP contribution in [-0.4, -0.2) is 19.9 Å². The molecule has 0 aliphatic rings. The number of H-pyrrole nitrogens is 1. The standard InChI is InChI=1S/C18H18N6O/c1-4-12-5-6-15-14(9-12)11(3)21-17(22-15)24-18-20-10(2)13(7-8-19)16(25)23-18/h5-6,9H,4,7H2,1-3H3,(H2,20,21,22,23,24,25). The zero-order chi connectivity index (χ0) is 18.0. The number of benzene rings is 1. The van der Waals surface area contributed by atoms with E-state index in [0.717, 1.165) is 23.0 Å². The molecule has 3 aromatic rings. The molecular weight excluding hydrogens is 316 g/mol. The van der Waals surface area contributed by atoms with Gasteiger partial charge < -0.3 is 0 Å². The second-order valence-electron chi connectivity index (χ2n) is 5.78. The van der Waals surface area contributed by atoms with Gasteiger partial charge in [-0.15, -0.1) is 0 Å². The van der Waals surface area contributed by atoms with Crippen LogP contribution in [0.3, 0.4) is 0 Å². The van der Waals surface area contributed by atoms with Crippen molar-refractivity contribution < 1.29 is 0 Å². The molecule has 2 heterocycles. The monoisotopic (exact) mass is 334 g/mol. The number of nitrogens with one attached hydrogen (secondary N) is 2. The molecule has 0 radical (unpaired) electrons. The van der Waals surface area contributed by atoms with Crippen LogP contribution in [0.2, 0.25) is 0 Å². The fraction of sp³-hybridized carbons (Fsp3) is 0.278. The summed E-state index contributed by atoms with van der Waals surface area (Å²) in [5.74, 6) is 0.623. The smallest absolute Gasteiger partial charge is 0.256 e. The van der Waals surface area contributed by atoms with Gasteiger partial charge in [-0.2, -0.15) is 5.26 Å². The van der Waals surface area contributed by atoms with Crippen molar-refractivity contribution >= 4 is 22.8 Å². The summed E-state index contributed by atoms with van der Waals surface area (Å²) < 4.78 is 0. The van der Waals surface area contributed by atoms with E-state index >= 15 is 0 Å². The Morgan fingerprint density at radius 1 is 1.20 bits per heavy atom. The number of anilines is 2. The van der Waals surface area contributed by atoms with E-state index in [-0.39, 0.29) is 17.9 Å². The Hall–Kier alpha value is -3.27. The van der Waals surface area contributed by atoms with Crippen molar-refractivity contribution in [3.8, 4) is 6.07 Å². The second-order valence-corrected chi connectivity index (χ2v) is 5.78. The Bertz CT molecular complexity index is 1050. The molecule has 0 spiro atoms. The van der Waals surface area contributed by atoms with Gasteiger partial charge in [0.05, 0.1) is 35.0 Å². The van der Waals surface area contributed by atoms with Crippen LogP contribution in [0.5, 0.6) is 0 Å². The topological polar surface area (TPSA) is 107 Å². The summed E-state index contributed by atoms with van der Waals surface area (Å²) in [7, 11) is 0. The van der Waals surface area contributed by atoms with E-state index in [1.807, 2.05) is 25.1 Å². The lowest BCUT2D eigenvalue weighted by Gasteiger charge is -2.09.